The molecule has 0 radical (unpaired) electrons. The molecular weight excluding hydrogens is 254 g/mol. The molecule has 3 rings (SSSR count). The van der Waals surface area contributed by atoms with E-state index in [2.05, 4.69) is 4.98 Å². The quantitative estimate of drug-likeness (QED) is 0.788. The molecule has 0 aliphatic heterocycles. The second-order valence-corrected chi connectivity index (χ2v) is 5.24. The van der Waals surface area contributed by atoms with Crippen LogP contribution in [0.3, 0.4) is 0 Å². The molecule has 1 N–H and O–H groups in total. The second kappa shape index (κ2) is 4.96. The van der Waals surface area contributed by atoms with Crippen molar-refractivity contribution >= 4 is 11.3 Å². The number of aliphatic hydroxyl groups is 1. The molecule has 19 heavy (non-hydrogen) atoms. The number of aromatic nitrogens is 1. The van der Waals surface area contributed by atoms with E-state index >= 15 is 0 Å². The van der Waals surface area contributed by atoms with Gasteiger partial charge in [-0.1, -0.05) is 42.5 Å². The van der Waals surface area contributed by atoms with Crippen LogP contribution in [0.2, 0.25) is 0 Å². The molecule has 94 valence electrons. The van der Waals surface area contributed by atoms with Crippen molar-refractivity contribution in [1.29, 1.82) is 0 Å². The molecule has 0 fully saturated rings. The average Bonchev–Trinajstić information content (AvgIpc) is 3.03. The largest absolute Gasteiger partial charge is 0.375 e. The Balaban J connectivity index is 2.23. The van der Waals surface area contributed by atoms with Crippen molar-refractivity contribution in [3.05, 3.63) is 88.4 Å². The molecular formula is C16H13NOS. The highest BCUT2D eigenvalue weighted by atomic mass is 32.1. The molecule has 0 saturated heterocycles. The molecule has 2 aromatic heterocycles. The lowest BCUT2D eigenvalue weighted by molar-refractivity contribution is 0.129. The molecule has 1 aromatic carbocycles. The smallest absolute Gasteiger partial charge is 0.151 e. The minimum Gasteiger partial charge on any atom is -0.375 e. The van der Waals surface area contributed by atoms with Gasteiger partial charge in [0.15, 0.2) is 5.60 Å². The van der Waals surface area contributed by atoms with Crippen molar-refractivity contribution < 1.29 is 5.11 Å². The zero-order chi connectivity index (χ0) is 13.1. The summed E-state index contributed by atoms with van der Waals surface area (Å²) in [4.78, 5) is 5.03. The zero-order valence-corrected chi connectivity index (χ0v) is 11.0. The van der Waals surface area contributed by atoms with Crippen LogP contribution in [0.15, 0.2) is 72.4 Å². The number of rotatable bonds is 3. The first-order valence-electron chi connectivity index (χ1n) is 6.04. The average molecular weight is 267 g/mol. The van der Waals surface area contributed by atoms with Crippen LogP contribution >= 0.6 is 11.3 Å². The van der Waals surface area contributed by atoms with Crippen molar-refractivity contribution in [2.45, 2.75) is 5.60 Å². The van der Waals surface area contributed by atoms with Gasteiger partial charge in [0, 0.05) is 22.8 Å². The van der Waals surface area contributed by atoms with E-state index in [4.69, 9.17) is 0 Å². The van der Waals surface area contributed by atoms with Gasteiger partial charge in [-0.25, -0.2) is 0 Å². The van der Waals surface area contributed by atoms with Gasteiger partial charge in [-0.15, -0.1) is 11.3 Å². The minimum absolute atomic E-state index is 0.781. The molecule has 1 atom stereocenters. The lowest BCUT2D eigenvalue weighted by atomic mass is 9.86. The van der Waals surface area contributed by atoms with Crippen LogP contribution in [0.25, 0.3) is 0 Å². The normalized spacial score (nSPS) is 13.9. The molecule has 3 aromatic rings. The standard InChI is InChI=1S/C16H13NOS/c18-16(15-9-5-11-19-15,13-6-2-1-3-7-13)14-8-4-10-17-12-14/h1-12,18H. The predicted octanol–water partition coefficient (Wildman–Crippen LogP) is 3.43. The first-order valence-corrected chi connectivity index (χ1v) is 6.92. The Hall–Kier alpha value is -1.97. The van der Waals surface area contributed by atoms with Gasteiger partial charge in [0.25, 0.3) is 0 Å². The van der Waals surface area contributed by atoms with E-state index in [0.29, 0.717) is 0 Å². The minimum atomic E-state index is -1.14. The molecule has 0 aliphatic carbocycles. The van der Waals surface area contributed by atoms with Crippen LogP contribution in [0.4, 0.5) is 0 Å². The van der Waals surface area contributed by atoms with E-state index in [-0.39, 0.29) is 0 Å². The van der Waals surface area contributed by atoms with Crippen molar-refractivity contribution in [1.82, 2.24) is 4.98 Å². The molecule has 0 aliphatic rings. The topological polar surface area (TPSA) is 33.1 Å². The van der Waals surface area contributed by atoms with Crippen LogP contribution in [0.5, 0.6) is 0 Å². The Morgan fingerprint density at radius 1 is 0.895 bits per heavy atom. The van der Waals surface area contributed by atoms with Crippen LogP contribution in [0.1, 0.15) is 16.0 Å². The molecule has 2 nitrogen and oxygen atoms in total. The molecule has 2 heterocycles. The Morgan fingerprint density at radius 2 is 1.68 bits per heavy atom. The fourth-order valence-electron chi connectivity index (χ4n) is 2.19. The van der Waals surface area contributed by atoms with Crippen LogP contribution < -0.4 is 0 Å². The third-order valence-electron chi connectivity index (χ3n) is 3.15. The van der Waals surface area contributed by atoms with Crippen LogP contribution in [-0.2, 0) is 5.60 Å². The third kappa shape index (κ3) is 2.07. The summed E-state index contributed by atoms with van der Waals surface area (Å²) in [6, 6.07) is 17.3. The van der Waals surface area contributed by atoms with Crippen molar-refractivity contribution in [2.24, 2.45) is 0 Å². The van der Waals surface area contributed by atoms with Crippen molar-refractivity contribution in [3.63, 3.8) is 0 Å². The Bertz CT molecular complexity index is 596. The number of hydrogen-bond donors (Lipinski definition) is 1. The summed E-state index contributed by atoms with van der Waals surface area (Å²) in [6.45, 7) is 0. The summed E-state index contributed by atoms with van der Waals surface area (Å²) in [5, 5.41) is 13.3. The van der Waals surface area contributed by atoms with E-state index in [9.17, 15) is 5.11 Å². The van der Waals surface area contributed by atoms with Crippen LogP contribution in [0, 0.1) is 0 Å². The number of hydrogen-bond acceptors (Lipinski definition) is 3. The maximum absolute atomic E-state index is 11.3. The highest BCUT2D eigenvalue weighted by Gasteiger charge is 2.34. The van der Waals surface area contributed by atoms with Gasteiger partial charge in [-0.3, -0.25) is 4.98 Å². The van der Waals surface area contributed by atoms with E-state index in [0.717, 1.165) is 16.0 Å². The molecule has 0 spiro atoms. The molecule has 0 amide bonds. The number of pyridine rings is 1. The van der Waals surface area contributed by atoms with Gasteiger partial charge in [-0.05, 0) is 23.1 Å². The summed E-state index contributed by atoms with van der Waals surface area (Å²) in [5.74, 6) is 0. The highest BCUT2D eigenvalue weighted by Crippen LogP contribution is 2.38. The molecule has 0 bridgehead atoms. The molecule has 3 heteroatoms. The van der Waals surface area contributed by atoms with Crippen LogP contribution in [-0.4, -0.2) is 10.1 Å². The fraction of sp³-hybridized carbons (Fsp3) is 0.0625. The lowest BCUT2D eigenvalue weighted by Gasteiger charge is -2.28. The lowest BCUT2D eigenvalue weighted by Crippen LogP contribution is -2.27. The second-order valence-electron chi connectivity index (χ2n) is 4.30. The van der Waals surface area contributed by atoms with Crippen molar-refractivity contribution in [2.75, 3.05) is 0 Å². The monoisotopic (exact) mass is 267 g/mol. The number of benzene rings is 1. The number of nitrogens with zero attached hydrogens (tertiary/aromatic N) is 1. The van der Waals surface area contributed by atoms with Gasteiger partial charge in [0.05, 0.1) is 0 Å². The van der Waals surface area contributed by atoms with E-state index < -0.39 is 5.60 Å². The Kier molecular flexibility index (Phi) is 3.15. The summed E-state index contributed by atoms with van der Waals surface area (Å²) in [6.07, 6.45) is 3.43. The van der Waals surface area contributed by atoms with E-state index in [1.807, 2.05) is 60.0 Å². The van der Waals surface area contributed by atoms with E-state index in [1.54, 1.807) is 23.7 Å². The van der Waals surface area contributed by atoms with Gasteiger partial charge in [-0.2, -0.15) is 0 Å². The predicted molar refractivity (Wildman–Crippen MR) is 77.1 cm³/mol. The highest BCUT2D eigenvalue weighted by molar-refractivity contribution is 7.10. The maximum Gasteiger partial charge on any atom is 0.151 e. The Morgan fingerprint density at radius 3 is 2.32 bits per heavy atom. The number of thiophene rings is 1. The fourth-order valence-corrected chi connectivity index (χ4v) is 3.06. The molecule has 1 unspecified atom stereocenters. The van der Waals surface area contributed by atoms with E-state index in [1.165, 1.54) is 0 Å². The Labute approximate surface area is 116 Å². The van der Waals surface area contributed by atoms with Crippen molar-refractivity contribution in [3.8, 4) is 0 Å². The summed E-state index contributed by atoms with van der Waals surface area (Å²) >= 11 is 1.54. The van der Waals surface area contributed by atoms with Gasteiger partial charge in [0.2, 0.25) is 0 Å². The SMILES string of the molecule is OC(c1ccccc1)(c1cccnc1)c1cccs1. The first kappa shape index (κ1) is 12.1. The van der Waals surface area contributed by atoms with Gasteiger partial charge < -0.3 is 5.11 Å². The zero-order valence-electron chi connectivity index (χ0n) is 10.2. The van der Waals surface area contributed by atoms with Gasteiger partial charge >= 0.3 is 0 Å². The maximum atomic E-state index is 11.3. The molecule has 0 saturated carbocycles. The first-order chi connectivity index (χ1) is 9.32. The summed E-state index contributed by atoms with van der Waals surface area (Å²) < 4.78 is 0. The third-order valence-corrected chi connectivity index (χ3v) is 4.13. The summed E-state index contributed by atoms with van der Waals surface area (Å²) in [5.41, 5.74) is 0.498. The summed E-state index contributed by atoms with van der Waals surface area (Å²) in [7, 11) is 0. The van der Waals surface area contributed by atoms with Gasteiger partial charge in [0.1, 0.15) is 0 Å².